The van der Waals surface area contributed by atoms with Crippen LogP contribution in [0.5, 0.6) is 11.5 Å². The van der Waals surface area contributed by atoms with Crippen LogP contribution in [0.2, 0.25) is 0 Å². The van der Waals surface area contributed by atoms with Crippen LogP contribution in [0.25, 0.3) is 0 Å². The molecule has 116 valence electrons. The van der Waals surface area contributed by atoms with Crippen molar-refractivity contribution >= 4 is 0 Å². The molecule has 0 spiro atoms. The number of nitrogens with one attached hydrogen (secondary N) is 1. The Hall–Kier alpha value is -2.26. The highest BCUT2D eigenvalue weighted by Gasteiger charge is 2.01. The van der Waals surface area contributed by atoms with Crippen molar-refractivity contribution in [2.45, 2.75) is 13.0 Å². The normalized spacial score (nSPS) is 10.2. The van der Waals surface area contributed by atoms with Crippen LogP contribution in [0.4, 0.5) is 0 Å². The molecule has 0 radical (unpaired) electrons. The highest BCUT2D eigenvalue weighted by molar-refractivity contribution is 5.34. The molecule has 0 saturated heterocycles. The average molecular weight is 297 g/mol. The summed E-state index contributed by atoms with van der Waals surface area (Å²) in [6, 6.07) is 16.1. The Morgan fingerprint density at radius 1 is 1.05 bits per heavy atom. The van der Waals surface area contributed by atoms with E-state index in [4.69, 9.17) is 9.47 Å². The molecule has 0 aliphatic rings. The zero-order valence-electron chi connectivity index (χ0n) is 13.0. The van der Waals surface area contributed by atoms with Gasteiger partial charge in [-0.3, -0.25) is 0 Å². The van der Waals surface area contributed by atoms with Gasteiger partial charge in [-0.05, 0) is 42.8 Å². The Morgan fingerprint density at radius 3 is 2.68 bits per heavy atom. The number of hydrogen-bond acceptors (Lipinski definition) is 3. The minimum Gasteiger partial charge on any atom is -0.490 e. The van der Waals surface area contributed by atoms with Crippen molar-refractivity contribution in [3.8, 4) is 11.5 Å². The third-order valence-electron chi connectivity index (χ3n) is 3.23. The van der Waals surface area contributed by atoms with Gasteiger partial charge in [0, 0.05) is 6.54 Å². The molecule has 22 heavy (non-hydrogen) atoms. The van der Waals surface area contributed by atoms with Crippen LogP contribution in [0.15, 0.2) is 61.2 Å². The van der Waals surface area contributed by atoms with E-state index in [0.717, 1.165) is 30.0 Å². The van der Waals surface area contributed by atoms with Gasteiger partial charge >= 0.3 is 0 Å². The second kappa shape index (κ2) is 8.90. The van der Waals surface area contributed by atoms with E-state index in [-0.39, 0.29) is 0 Å². The van der Waals surface area contributed by atoms with Crippen molar-refractivity contribution in [3.63, 3.8) is 0 Å². The molecule has 2 rings (SSSR count). The van der Waals surface area contributed by atoms with E-state index < -0.39 is 0 Å². The quantitative estimate of drug-likeness (QED) is 0.567. The lowest BCUT2D eigenvalue weighted by atomic mass is 10.1. The number of benzene rings is 2. The van der Waals surface area contributed by atoms with Crippen LogP contribution in [0.1, 0.15) is 11.1 Å². The van der Waals surface area contributed by atoms with Gasteiger partial charge in [0.25, 0.3) is 0 Å². The fourth-order valence-electron chi connectivity index (χ4n) is 2.23. The molecule has 3 nitrogen and oxygen atoms in total. The summed E-state index contributed by atoms with van der Waals surface area (Å²) < 4.78 is 11.5. The van der Waals surface area contributed by atoms with Gasteiger partial charge in [-0.2, -0.15) is 0 Å². The minimum atomic E-state index is 0.518. The average Bonchev–Trinajstić information content (AvgIpc) is 2.54. The van der Waals surface area contributed by atoms with Gasteiger partial charge in [0.05, 0.1) is 0 Å². The summed E-state index contributed by atoms with van der Waals surface area (Å²) in [5.74, 6) is 1.77. The predicted molar refractivity (Wildman–Crippen MR) is 90.5 cm³/mol. The Morgan fingerprint density at radius 2 is 1.86 bits per heavy atom. The molecule has 0 atom stereocenters. The van der Waals surface area contributed by atoms with Crippen molar-refractivity contribution in [1.29, 1.82) is 0 Å². The number of allylic oxidation sites excluding steroid dienone is 1. The van der Waals surface area contributed by atoms with Gasteiger partial charge in [-0.25, -0.2) is 0 Å². The van der Waals surface area contributed by atoms with E-state index in [0.29, 0.717) is 13.2 Å². The predicted octanol–water partition coefficient (Wildman–Crippen LogP) is 3.59. The highest BCUT2D eigenvalue weighted by Crippen LogP contribution is 2.19. The molecule has 0 aromatic heterocycles. The molecule has 0 fully saturated rings. The third kappa shape index (κ3) is 4.93. The molecule has 0 bridgehead atoms. The van der Waals surface area contributed by atoms with Crippen molar-refractivity contribution in [1.82, 2.24) is 5.32 Å². The fourth-order valence-corrected chi connectivity index (χ4v) is 2.23. The van der Waals surface area contributed by atoms with Gasteiger partial charge in [-0.15, -0.1) is 6.58 Å². The molecular formula is C19H23NO2. The molecule has 0 heterocycles. The number of ether oxygens (including phenoxy) is 2. The molecule has 3 heteroatoms. The van der Waals surface area contributed by atoms with Gasteiger partial charge < -0.3 is 14.8 Å². The van der Waals surface area contributed by atoms with E-state index in [1.54, 1.807) is 0 Å². The van der Waals surface area contributed by atoms with Crippen LogP contribution < -0.4 is 14.8 Å². The summed E-state index contributed by atoms with van der Waals surface area (Å²) in [5.41, 5.74) is 2.35. The second-order valence-corrected chi connectivity index (χ2v) is 4.98. The number of para-hydroxylation sites is 1. The Balaban J connectivity index is 1.82. The van der Waals surface area contributed by atoms with E-state index in [1.165, 1.54) is 5.56 Å². The Kier molecular flexibility index (Phi) is 6.52. The summed E-state index contributed by atoms with van der Waals surface area (Å²) >= 11 is 0. The largest absolute Gasteiger partial charge is 0.490 e. The summed E-state index contributed by atoms with van der Waals surface area (Å²) in [4.78, 5) is 0. The van der Waals surface area contributed by atoms with Crippen molar-refractivity contribution in [3.05, 3.63) is 72.3 Å². The zero-order chi connectivity index (χ0) is 15.6. The minimum absolute atomic E-state index is 0.518. The van der Waals surface area contributed by atoms with E-state index >= 15 is 0 Å². The van der Waals surface area contributed by atoms with Crippen molar-refractivity contribution < 1.29 is 9.47 Å². The number of hydrogen-bond donors (Lipinski definition) is 1. The molecule has 1 N–H and O–H groups in total. The van der Waals surface area contributed by atoms with Gasteiger partial charge in [0.15, 0.2) is 0 Å². The first-order valence-electron chi connectivity index (χ1n) is 7.51. The van der Waals surface area contributed by atoms with Crippen LogP contribution in [-0.2, 0) is 13.0 Å². The highest BCUT2D eigenvalue weighted by atomic mass is 16.5. The fraction of sp³-hybridized carbons (Fsp3) is 0.263. The standard InChI is InChI=1S/C19H23NO2/c1-3-7-17-9-4-5-11-19(17)22-13-12-21-18-10-6-8-16(14-18)15-20-2/h3-6,8-11,14,20H,1,7,12-13,15H2,2H3. The summed E-state index contributed by atoms with van der Waals surface area (Å²) in [7, 11) is 1.93. The molecule has 2 aromatic rings. The van der Waals surface area contributed by atoms with Crippen LogP contribution in [0, 0.1) is 0 Å². The molecule has 2 aromatic carbocycles. The van der Waals surface area contributed by atoms with Crippen LogP contribution in [0.3, 0.4) is 0 Å². The summed E-state index contributed by atoms with van der Waals surface area (Å²) in [5, 5.41) is 3.13. The monoisotopic (exact) mass is 297 g/mol. The lowest BCUT2D eigenvalue weighted by molar-refractivity contribution is 0.216. The Labute approximate surface area is 132 Å². The molecule has 0 unspecified atom stereocenters. The maximum atomic E-state index is 5.80. The smallest absolute Gasteiger partial charge is 0.122 e. The van der Waals surface area contributed by atoms with Gasteiger partial charge in [0.1, 0.15) is 24.7 Å². The third-order valence-corrected chi connectivity index (χ3v) is 3.23. The van der Waals surface area contributed by atoms with Crippen molar-refractivity contribution in [2.24, 2.45) is 0 Å². The maximum Gasteiger partial charge on any atom is 0.122 e. The first-order valence-corrected chi connectivity index (χ1v) is 7.51. The van der Waals surface area contributed by atoms with Crippen LogP contribution >= 0.6 is 0 Å². The topological polar surface area (TPSA) is 30.5 Å². The lowest BCUT2D eigenvalue weighted by Gasteiger charge is -2.12. The number of rotatable bonds is 9. The first kappa shape index (κ1) is 16.1. The van der Waals surface area contributed by atoms with E-state index in [9.17, 15) is 0 Å². The molecule has 0 amide bonds. The molecular weight excluding hydrogens is 274 g/mol. The molecule has 0 aliphatic heterocycles. The van der Waals surface area contributed by atoms with E-state index in [2.05, 4.69) is 24.0 Å². The zero-order valence-corrected chi connectivity index (χ0v) is 13.0. The second-order valence-electron chi connectivity index (χ2n) is 4.98. The molecule has 0 aliphatic carbocycles. The van der Waals surface area contributed by atoms with Crippen LogP contribution in [-0.4, -0.2) is 20.3 Å². The van der Waals surface area contributed by atoms with Crippen molar-refractivity contribution in [2.75, 3.05) is 20.3 Å². The molecule has 0 saturated carbocycles. The summed E-state index contributed by atoms with van der Waals surface area (Å²) in [6.45, 7) is 5.64. The first-order chi connectivity index (χ1) is 10.8. The van der Waals surface area contributed by atoms with E-state index in [1.807, 2.05) is 49.5 Å². The summed E-state index contributed by atoms with van der Waals surface area (Å²) in [6.07, 6.45) is 2.69. The van der Waals surface area contributed by atoms with Gasteiger partial charge in [0.2, 0.25) is 0 Å². The maximum absolute atomic E-state index is 5.80. The lowest BCUT2D eigenvalue weighted by Crippen LogP contribution is -2.10. The Bertz CT molecular complexity index is 595. The SMILES string of the molecule is C=CCc1ccccc1OCCOc1cccc(CNC)c1. The van der Waals surface area contributed by atoms with Gasteiger partial charge in [-0.1, -0.05) is 36.4 Å².